The lowest BCUT2D eigenvalue weighted by molar-refractivity contribution is -0.143. The molecule has 1 aliphatic carbocycles. The fourth-order valence-corrected chi connectivity index (χ4v) is 1.82. The topological polar surface area (TPSA) is 41.6 Å². The number of rotatable bonds is 6. The van der Waals surface area contributed by atoms with Crippen LogP contribution in [0.3, 0.4) is 0 Å². The first kappa shape index (κ1) is 12.5. The molecule has 0 aliphatic heterocycles. The van der Waals surface area contributed by atoms with Crippen molar-refractivity contribution >= 4 is 5.97 Å². The number of esters is 1. The van der Waals surface area contributed by atoms with Crippen molar-refractivity contribution in [3.8, 4) is 0 Å². The van der Waals surface area contributed by atoms with E-state index in [1.807, 2.05) is 0 Å². The summed E-state index contributed by atoms with van der Waals surface area (Å²) in [5.74, 6) is 0.637. The van der Waals surface area contributed by atoms with E-state index in [1.54, 1.807) is 7.05 Å². The molecule has 4 heteroatoms. The van der Waals surface area contributed by atoms with Gasteiger partial charge in [0.05, 0.1) is 7.11 Å². The van der Waals surface area contributed by atoms with Gasteiger partial charge in [-0.05, 0) is 39.8 Å². The molecule has 0 spiro atoms. The van der Waals surface area contributed by atoms with Gasteiger partial charge in [-0.1, -0.05) is 0 Å². The van der Waals surface area contributed by atoms with Crippen LogP contribution in [-0.4, -0.2) is 50.7 Å². The van der Waals surface area contributed by atoms with E-state index in [1.165, 1.54) is 20.0 Å². The highest BCUT2D eigenvalue weighted by Crippen LogP contribution is 2.34. The molecule has 88 valence electrons. The summed E-state index contributed by atoms with van der Waals surface area (Å²) >= 11 is 0. The third-order valence-corrected chi connectivity index (χ3v) is 3.30. The first-order chi connectivity index (χ1) is 7.10. The standard InChI is InChI=1S/C11H22N2O2/c1-8(9-5-6-9)13(3)7-10(12-2)11(14)15-4/h8-10,12H,5-7H2,1-4H3. The number of nitrogens with zero attached hydrogens (tertiary/aromatic N) is 1. The molecular weight excluding hydrogens is 192 g/mol. The zero-order valence-electron chi connectivity index (χ0n) is 10.1. The van der Waals surface area contributed by atoms with E-state index in [0.717, 1.165) is 5.92 Å². The van der Waals surface area contributed by atoms with Gasteiger partial charge in [0.1, 0.15) is 6.04 Å². The molecule has 1 aliphatic rings. The van der Waals surface area contributed by atoms with E-state index in [4.69, 9.17) is 4.74 Å². The van der Waals surface area contributed by atoms with Gasteiger partial charge in [-0.25, -0.2) is 0 Å². The minimum atomic E-state index is -0.221. The lowest BCUT2D eigenvalue weighted by atomic mass is 10.1. The molecule has 0 radical (unpaired) electrons. The quantitative estimate of drug-likeness (QED) is 0.653. The van der Waals surface area contributed by atoms with Crippen molar-refractivity contribution in [3.63, 3.8) is 0 Å². The summed E-state index contributed by atoms with van der Waals surface area (Å²) in [6.07, 6.45) is 2.65. The lowest BCUT2D eigenvalue weighted by Crippen LogP contribution is -2.46. The molecule has 0 amide bonds. The van der Waals surface area contributed by atoms with E-state index >= 15 is 0 Å². The summed E-state index contributed by atoms with van der Waals surface area (Å²) in [6.45, 7) is 2.93. The third kappa shape index (κ3) is 3.47. The van der Waals surface area contributed by atoms with Gasteiger partial charge in [0.2, 0.25) is 0 Å². The highest BCUT2D eigenvalue weighted by atomic mass is 16.5. The zero-order valence-corrected chi connectivity index (χ0v) is 10.1. The van der Waals surface area contributed by atoms with Crippen LogP contribution >= 0.6 is 0 Å². The largest absolute Gasteiger partial charge is 0.468 e. The second-order valence-corrected chi connectivity index (χ2v) is 4.38. The molecule has 0 heterocycles. The van der Waals surface area contributed by atoms with Crippen LogP contribution in [0, 0.1) is 5.92 Å². The van der Waals surface area contributed by atoms with E-state index in [9.17, 15) is 4.79 Å². The summed E-state index contributed by atoms with van der Waals surface area (Å²) in [5.41, 5.74) is 0. The summed E-state index contributed by atoms with van der Waals surface area (Å²) in [7, 11) is 5.28. The van der Waals surface area contributed by atoms with Crippen LogP contribution in [0.5, 0.6) is 0 Å². The molecule has 2 atom stereocenters. The Hall–Kier alpha value is -0.610. The van der Waals surface area contributed by atoms with Gasteiger partial charge >= 0.3 is 5.97 Å². The molecule has 1 saturated carbocycles. The monoisotopic (exact) mass is 214 g/mol. The Morgan fingerprint density at radius 3 is 2.60 bits per heavy atom. The normalized spacial score (nSPS) is 20.1. The average molecular weight is 214 g/mol. The van der Waals surface area contributed by atoms with Crippen molar-refractivity contribution in [3.05, 3.63) is 0 Å². The van der Waals surface area contributed by atoms with E-state index in [0.29, 0.717) is 12.6 Å². The molecule has 0 aromatic heterocycles. The van der Waals surface area contributed by atoms with Crippen molar-refractivity contribution in [2.75, 3.05) is 27.7 Å². The maximum Gasteiger partial charge on any atom is 0.324 e. The summed E-state index contributed by atoms with van der Waals surface area (Å²) in [6, 6.07) is 0.340. The Morgan fingerprint density at radius 1 is 1.60 bits per heavy atom. The number of carbonyl (C=O) groups is 1. The molecule has 0 aromatic rings. The van der Waals surface area contributed by atoms with Crippen LogP contribution in [0.4, 0.5) is 0 Å². The zero-order chi connectivity index (χ0) is 11.4. The number of nitrogens with one attached hydrogen (secondary N) is 1. The van der Waals surface area contributed by atoms with Crippen molar-refractivity contribution in [1.29, 1.82) is 0 Å². The molecule has 1 N–H and O–H groups in total. The van der Waals surface area contributed by atoms with Gasteiger partial charge in [-0.3, -0.25) is 4.79 Å². The van der Waals surface area contributed by atoms with Gasteiger partial charge in [-0.15, -0.1) is 0 Å². The van der Waals surface area contributed by atoms with Crippen LogP contribution in [0.2, 0.25) is 0 Å². The van der Waals surface area contributed by atoms with Crippen LogP contribution in [-0.2, 0) is 9.53 Å². The minimum absolute atomic E-state index is 0.188. The van der Waals surface area contributed by atoms with Crippen LogP contribution in [0.1, 0.15) is 19.8 Å². The van der Waals surface area contributed by atoms with Gasteiger partial charge in [0.25, 0.3) is 0 Å². The molecule has 1 rings (SSSR count). The number of likely N-dealkylation sites (N-methyl/N-ethyl adjacent to an activating group) is 2. The number of hydrogen-bond donors (Lipinski definition) is 1. The molecule has 2 unspecified atom stereocenters. The van der Waals surface area contributed by atoms with E-state index < -0.39 is 0 Å². The summed E-state index contributed by atoms with van der Waals surface area (Å²) in [5, 5.41) is 2.98. The first-order valence-corrected chi connectivity index (χ1v) is 5.55. The lowest BCUT2D eigenvalue weighted by Gasteiger charge is -2.27. The van der Waals surface area contributed by atoms with Gasteiger partial charge in [-0.2, -0.15) is 0 Å². The minimum Gasteiger partial charge on any atom is -0.468 e. The number of ether oxygens (including phenoxy) is 1. The predicted molar refractivity (Wildman–Crippen MR) is 59.7 cm³/mol. The Morgan fingerprint density at radius 2 is 2.20 bits per heavy atom. The number of hydrogen-bond acceptors (Lipinski definition) is 4. The maximum atomic E-state index is 11.4. The fraction of sp³-hybridized carbons (Fsp3) is 0.909. The van der Waals surface area contributed by atoms with Crippen molar-refractivity contribution < 1.29 is 9.53 Å². The Kier molecular flexibility index (Phi) is 4.54. The molecule has 4 nitrogen and oxygen atoms in total. The SMILES string of the molecule is CNC(CN(C)C(C)C1CC1)C(=O)OC. The maximum absolute atomic E-state index is 11.4. The predicted octanol–water partition coefficient (Wildman–Crippen LogP) is 0.478. The number of carbonyl (C=O) groups excluding carboxylic acids is 1. The highest BCUT2D eigenvalue weighted by Gasteiger charge is 2.32. The smallest absolute Gasteiger partial charge is 0.324 e. The fourth-order valence-electron chi connectivity index (χ4n) is 1.82. The second-order valence-electron chi connectivity index (χ2n) is 4.38. The second kappa shape index (κ2) is 5.47. The van der Waals surface area contributed by atoms with Crippen LogP contribution in [0.15, 0.2) is 0 Å². The number of methoxy groups -OCH3 is 1. The summed E-state index contributed by atoms with van der Waals surface area (Å²) < 4.78 is 4.73. The van der Waals surface area contributed by atoms with E-state index in [-0.39, 0.29) is 12.0 Å². The molecule has 15 heavy (non-hydrogen) atoms. The first-order valence-electron chi connectivity index (χ1n) is 5.55. The molecule has 0 bridgehead atoms. The van der Waals surface area contributed by atoms with Crippen molar-refractivity contribution in [1.82, 2.24) is 10.2 Å². The third-order valence-electron chi connectivity index (χ3n) is 3.30. The average Bonchev–Trinajstić information content (AvgIpc) is 3.07. The van der Waals surface area contributed by atoms with Crippen LogP contribution < -0.4 is 5.32 Å². The molecule has 1 fully saturated rings. The van der Waals surface area contributed by atoms with Gasteiger partial charge in [0, 0.05) is 12.6 Å². The van der Waals surface area contributed by atoms with E-state index in [2.05, 4.69) is 24.2 Å². The van der Waals surface area contributed by atoms with Crippen molar-refractivity contribution in [2.45, 2.75) is 31.8 Å². The molecule has 0 saturated heterocycles. The highest BCUT2D eigenvalue weighted by molar-refractivity contribution is 5.75. The Labute approximate surface area is 92.0 Å². The summed E-state index contributed by atoms with van der Waals surface area (Å²) in [4.78, 5) is 13.6. The molecular formula is C11H22N2O2. The van der Waals surface area contributed by atoms with Gasteiger partial charge in [0.15, 0.2) is 0 Å². The van der Waals surface area contributed by atoms with Crippen LogP contribution in [0.25, 0.3) is 0 Å². The molecule has 0 aromatic carbocycles. The Balaban J connectivity index is 2.39. The van der Waals surface area contributed by atoms with Crippen molar-refractivity contribution in [2.24, 2.45) is 5.92 Å². The van der Waals surface area contributed by atoms with Gasteiger partial charge < -0.3 is 15.0 Å². The Bertz CT molecular complexity index is 217.